The van der Waals surface area contributed by atoms with Crippen LogP contribution < -0.4 is 10.1 Å². The highest BCUT2D eigenvalue weighted by Crippen LogP contribution is 2.28. The third-order valence-corrected chi connectivity index (χ3v) is 6.33. The van der Waals surface area contributed by atoms with Crippen LogP contribution in [0.5, 0.6) is 5.75 Å². The second-order valence-electron chi connectivity index (χ2n) is 8.01. The molecule has 3 aromatic rings. The van der Waals surface area contributed by atoms with Crippen molar-refractivity contribution in [2.75, 3.05) is 13.2 Å². The van der Waals surface area contributed by atoms with Gasteiger partial charge in [-0.3, -0.25) is 9.59 Å². The fourth-order valence-corrected chi connectivity index (χ4v) is 4.51. The maximum Gasteiger partial charge on any atom is 0.261 e. The van der Waals surface area contributed by atoms with Crippen molar-refractivity contribution < 1.29 is 14.3 Å². The van der Waals surface area contributed by atoms with Crippen molar-refractivity contribution in [3.63, 3.8) is 0 Å². The fraction of sp³-hybridized carbons (Fsp3) is 0.259. The van der Waals surface area contributed by atoms with Crippen LogP contribution in [0.25, 0.3) is 0 Å². The predicted molar refractivity (Wildman–Crippen MR) is 144 cm³/mol. The molecule has 3 rings (SSSR count). The van der Waals surface area contributed by atoms with E-state index in [0.717, 1.165) is 22.0 Å². The van der Waals surface area contributed by atoms with E-state index in [4.69, 9.17) is 27.9 Å². The van der Waals surface area contributed by atoms with Crippen LogP contribution in [0.4, 0.5) is 0 Å². The van der Waals surface area contributed by atoms with Gasteiger partial charge in [-0.1, -0.05) is 88.5 Å². The van der Waals surface area contributed by atoms with Crippen molar-refractivity contribution in [2.24, 2.45) is 0 Å². The molecule has 0 fully saturated rings. The molecule has 0 aliphatic rings. The molecule has 0 saturated carbocycles. The molecule has 0 radical (unpaired) electrons. The largest absolute Gasteiger partial charge is 0.482 e. The second kappa shape index (κ2) is 13.5. The van der Waals surface area contributed by atoms with Crippen molar-refractivity contribution in [1.29, 1.82) is 0 Å². The summed E-state index contributed by atoms with van der Waals surface area (Å²) in [5.41, 5.74) is 1.76. The highest BCUT2D eigenvalue weighted by atomic mass is 79.9. The Balaban J connectivity index is 1.90. The molecule has 1 N–H and O–H groups in total. The zero-order chi connectivity index (χ0) is 25.2. The van der Waals surface area contributed by atoms with Crippen LogP contribution in [0.15, 0.2) is 77.3 Å². The van der Waals surface area contributed by atoms with Crippen LogP contribution in [0, 0.1) is 0 Å². The summed E-state index contributed by atoms with van der Waals surface area (Å²) in [5, 5.41) is 3.89. The SMILES string of the molecule is CCCNC(=O)[C@@H](Cc1ccccc1)N(Cc1cccc(Cl)c1)C(=O)COc1ccc(Br)cc1Cl. The van der Waals surface area contributed by atoms with Crippen molar-refractivity contribution in [3.05, 3.63) is 98.4 Å². The van der Waals surface area contributed by atoms with Crippen LogP contribution >= 0.6 is 39.1 Å². The molecule has 184 valence electrons. The molecule has 0 unspecified atom stereocenters. The minimum Gasteiger partial charge on any atom is -0.482 e. The molecule has 5 nitrogen and oxygen atoms in total. The Labute approximate surface area is 224 Å². The molecule has 35 heavy (non-hydrogen) atoms. The number of ether oxygens (including phenoxy) is 1. The predicted octanol–water partition coefficient (Wildman–Crippen LogP) is 6.30. The molecule has 3 aromatic carbocycles. The zero-order valence-corrected chi connectivity index (χ0v) is 22.4. The Kier molecular flexibility index (Phi) is 10.5. The molecule has 8 heteroatoms. The van der Waals surface area contributed by atoms with Crippen LogP contribution in [-0.2, 0) is 22.6 Å². The molecule has 0 bridgehead atoms. The summed E-state index contributed by atoms with van der Waals surface area (Å²) in [6.45, 7) is 2.44. The smallest absolute Gasteiger partial charge is 0.261 e. The third kappa shape index (κ3) is 8.27. The lowest BCUT2D eigenvalue weighted by atomic mass is 10.0. The first-order valence-electron chi connectivity index (χ1n) is 11.3. The number of nitrogens with one attached hydrogen (secondary N) is 1. The van der Waals surface area contributed by atoms with Gasteiger partial charge >= 0.3 is 0 Å². The van der Waals surface area contributed by atoms with E-state index < -0.39 is 6.04 Å². The maximum absolute atomic E-state index is 13.5. The number of hydrogen-bond donors (Lipinski definition) is 1. The average Bonchev–Trinajstić information content (AvgIpc) is 2.84. The summed E-state index contributed by atoms with van der Waals surface area (Å²) in [4.78, 5) is 28.4. The van der Waals surface area contributed by atoms with Gasteiger partial charge in [0, 0.05) is 29.0 Å². The minimum absolute atomic E-state index is 0.202. The lowest BCUT2D eigenvalue weighted by Crippen LogP contribution is -2.51. The van der Waals surface area contributed by atoms with E-state index >= 15 is 0 Å². The van der Waals surface area contributed by atoms with Crippen LogP contribution in [0.1, 0.15) is 24.5 Å². The quantitative estimate of drug-likeness (QED) is 0.291. The lowest BCUT2D eigenvalue weighted by molar-refractivity contribution is -0.142. The average molecular weight is 578 g/mol. The fourth-order valence-electron chi connectivity index (χ4n) is 3.57. The van der Waals surface area contributed by atoms with E-state index in [9.17, 15) is 9.59 Å². The molecule has 0 aromatic heterocycles. The molecular weight excluding hydrogens is 551 g/mol. The van der Waals surface area contributed by atoms with Gasteiger partial charge < -0.3 is 15.0 Å². The zero-order valence-electron chi connectivity index (χ0n) is 19.3. The standard InChI is InChI=1S/C27H27BrCl2N2O3/c1-2-13-31-27(34)24(15-19-7-4-3-5-8-19)32(17-20-9-6-10-22(29)14-20)26(33)18-35-25-12-11-21(28)16-23(25)30/h3-12,14,16,24H,2,13,15,17-18H2,1H3,(H,31,34)/t24-/m1/s1. The van der Waals surface area contributed by atoms with Gasteiger partial charge in [-0.05, 0) is 47.9 Å². The van der Waals surface area contributed by atoms with Gasteiger partial charge in [0.1, 0.15) is 11.8 Å². The highest BCUT2D eigenvalue weighted by molar-refractivity contribution is 9.10. The van der Waals surface area contributed by atoms with E-state index in [2.05, 4.69) is 21.2 Å². The number of carbonyl (C=O) groups excluding carboxylic acids is 2. The number of benzene rings is 3. The minimum atomic E-state index is -0.737. The molecule has 1 atom stereocenters. The highest BCUT2D eigenvalue weighted by Gasteiger charge is 2.30. The van der Waals surface area contributed by atoms with Crippen LogP contribution in [0.3, 0.4) is 0 Å². The second-order valence-corrected chi connectivity index (χ2v) is 9.77. The van der Waals surface area contributed by atoms with E-state index in [1.165, 1.54) is 0 Å². The first-order valence-corrected chi connectivity index (χ1v) is 12.9. The monoisotopic (exact) mass is 576 g/mol. The normalized spacial score (nSPS) is 11.5. The first kappa shape index (κ1) is 27.1. The summed E-state index contributed by atoms with van der Waals surface area (Å²) in [6, 6.07) is 21.3. The maximum atomic E-state index is 13.5. The summed E-state index contributed by atoms with van der Waals surface area (Å²) in [6.07, 6.45) is 1.15. The molecule has 0 aliphatic carbocycles. The third-order valence-electron chi connectivity index (χ3n) is 5.31. The summed E-state index contributed by atoms with van der Waals surface area (Å²) < 4.78 is 6.56. The Hall–Kier alpha value is -2.54. The van der Waals surface area contributed by atoms with E-state index in [1.54, 1.807) is 35.2 Å². The van der Waals surface area contributed by atoms with Gasteiger partial charge in [0.15, 0.2) is 6.61 Å². The Morgan fingerprint density at radius 1 is 1.00 bits per heavy atom. The van der Waals surface area contributed by atoms with Crippen LogP contribution in [-0.4, -0.2) is 35.9 Å². The van der Waals surface area contributed by atoms with Crippen molar-refractivity contribution in [2.45, 2.75) is 32.4 Å². The Morgan fingerprint density at radius 2 is 1.74 bits per heavy atom. The van der Waals surface area contributed by atoms with Crippen molar-refractivity contribution in [1.82, 2.24) is 10.2 Å². The van der Waals surface area contributed by atoms with Gasteiger partial charge in [0.05, 0.1) is 5.02 Å². The van der Waals surface area contributed by atoms with Gasteiger partial charge in [-0.25, -0.2) is 0 Å². The first-order chi connectivity index (χ1) is 16.9. The topological polar surface area (TPSA) is 58.6 Å². The Bertz CT molecular complexity index is 1140. The van der Waals surface area contributed by atoms with Gasteiger partial charge in [0.2, 0.25) is 5.91 Å². The number of hydrogen-bond acceptors (Lipinski definition) is 3. The molecule has 0 spiro atoms. The Morgan fingerprint density at radius 3 is 2.43 bits per heavy atom. The summed E-state index contributed by atoms with van der Waals surface area (Å²) >= 11 is 15.8. The number of amides is 2. The van der Waals surface area contributed by atoms with Gasteiger partial charge in [-0.15, -0.1) is 0 Å². The summed E-state index contributed by atoms with van der Waals surface area (Å²) in [5.74, 6) is -0.162. The van der Waals surface area contributed by atoms with Gasteiger partial charge in [0.25, 0.3) is 5.91 Å². The molecule has 0 heterocycles. The molecule has 2 amide bonds. The number of rotatable bonds is 11. The molecule has 0 saturated heterocycles. The molecular formula is C27H27BrCl2N2O3. The van der Waals surface area contributed by atoms with Crippen molar-refractivity contribution in [3.8, 4) is 5.75 Å². The number of nitrogens with zero attached hydrogens (tertiary/aromatic N) is 1. The van der Waals surface area contributed by atoms with E-state index in [-0.39, 0.29) is 25.0 Å². The van der Waals surface area contributed by atoms with E-state index in [1.807, 2.05) is 49.4 Å². The van der Waals surface area contributed by atoms with E-state index in [0.29, 0.717) is 28.8 Å². The lowest BCUT2D eigenvalue weighted by Gasteiger charge is -2.31. The van der Waals surface area contributed by atoms with Crippen molar-refractivity contribution >= 4 is 50.9 Å². The van der Waals surface area contributed by atoms with Crippen LogP contribution in [0.2, 0.25) is 10.0 Å². The number of halogens is 3. The summed E-state index contributed by atoms with van der Waals surface area (Å²) in [7, 11) is 0. The molecule has 0 aliphatic heterocycles. The van der Waals surface area contributed by atoms with Gasteiger partial charge in [-0.2, -0.15) is 0 Å². The number of carbonyl (C=O) groups is 2.